The summed E-state index contributed by atoms with van der Waals surface area (Å²) in [7, 11) is 5.66. The molecule has 0 spiro atoms. The highest BCUT2D eigenvalue weighted by atomic mass is 16.5. The van der Waals surface area contributed by atoms with E-state index >= 15 is 0 Å². The average Bonchev–Trinajstić information content (AvgIpc) is 2.38. The number of amides is 1. The molecule has 0 aliphatic carbocycles. The summed E-state index contributed by atoms with van der Waals surface area (Å²) in [4.78, 5) is 13.4. The summed E-state index contributed by atoms with van der Waals surface area (Å²) in [6.45, 7) is 2.46. The van der Waals surface area contributed by atoms with Crippen molar-refractivity contribution in [3.63, 3.8) is 0 Å². The van der Waals surface area contributed by atoms with Crippen LogP contribution < -0.4 is 10.1 Å². The van der Waals surface area contributed by atoms with Crippen LogP contribution in [0.25, 0.3) is 0 Å². The van der Waals surface area contributed by atoms with Crippen LogP contribution in [0.15, 0.2) is 24.3 Å². The number of nitrogens with one attached hydrogen (secondary N) is 1. The standard InChI is InChI=1S/C14H22N2O2/c1-5-14(17)15-10-13(16(2)3)11-7-6-8-12(9-11)18-4/h6-9,13H,5,10H2,1-4H3,(H,15,17). The van der Waals surface area contributed by atoms with Gasteiger partial charge >= 0.3 is 0 Å². The quantitative estimate of drug-likeness (QED) is 0.837. The zero-order chi connectivity index (χ0) is 13.5. The minimum absolute atomic E-state index is 0.0738. The topological polar surface area (TPSA) is 41.6 Å². The molecule has 100 valence electrons. The highest BCUT2D eigenvalue weighted by Gasteiger charge is 2.15. The SMILES string of the molecule is CCC(=O)NCC(c1cccc(OC)c1)N(C)C. The molecular formula is C14H22N2O2. The summed E-state index contributed by atoms with van der Waals surface area (Å²) >= 11 is 0. The smallest absolute Gasteiger partial charge is 0.219 e. The van der Waals surface area contributed by atoms with E-state index in [2.05, 4.69) is 10.2 Å². The van der Waals surface area contributed by atoms with Crippen molar-refractivity contribution in [3.8, 4) is 5.75 Å². The Morgan fingerprint density at radius 3 is 2.72 bits per heavy atom. The molecule has 0 aliphatic rings. The van der Waals surface area contributed by atoms with E-state index in [0.717, 1.165) is 11.3 Å². The van der Waals surface area contributed by atoms with E-state index in [9.17, 15) is 4.79 Å². The Kier molecular flexibility index (Phi) is 5.65. The summed E-state index contributed by atoms with van der Waals surface area (Å²) < 4.78 is 5.23. The molecule has 1 N–H and O–H groups in total. The van der Waals surface area contributed by atoms with Crippen molar-refractivity contribution >= 4 is 5.91 Å². The van der Waals surface area contributed by atoms with Crippen molar-refractivity contribution < 1.29 is 9.53 Å². The van der Waals surface area contributed by atoms with Crippen molar-refractivity contribution in [1.82, 2.24) is 10.2 Å². The predicted octanol–water partition coefficient (Wildman–Crippen LogP) is 1.82. The molecule has 4 nitrogen and oxygen atoms in total. The van der Waals surface area contributed by atoms with Crippen molar-refractivity contribution in [2.24, 2.45) is 0 Å². The van der Waals surface area contributed by atoms with Gasteiger partial charge in [-0.3, -0.25) is 4.79 Å². The van der Waals surface area contributed by atoms with Crippen LogP contribution in [-0.4, -0.2) is 38.6 Å². The maximum absolute atomic E-state index is 11.3. The molecular weight excluding hydrogens is 228 g/mol. The first-order chi connectivity index (χ1) is 8.58. The van der Waals surface area contributed by atoms with Crippen LogP contribution in [0.3, 0.4) is 0 Å². The molecule has 0 fully saturated rings. The number of rotatable bonds is 6. The molecule has 0 radical (unpaired) electrons. The van der Waals surface area contributed by atoms with E-state index in [4.69, 9.17) is 4.74 Å². The first kappa shape index (κ1) is 14.5. The highest BCUT2D eigenvalue weighted by molar-refractivity contribution is 5.75. The Balaban J connectivity index is 2.80. The normalized spacial score (nSPS) is 12.3. The van der Waals surface area contributed by atoms with Crippen molar-refractivity contribution in [2.75, 3.05) is 27.7 Å². The lowest BCUT2D eigenvalue weighted by atomic mass is 10.1. The van der Waals surface area contributed by atoms with Crippen molar-refractivity contribution in [2.45, 2.75) is 19.4 Å². The van der Waals surface area contributed by atoms with Gasteiger partial charge in [-0.25, -0.2) is 0 Å². The fourth-order valence-corrected chi connectivity index (χ4v) is 1.78. The van der Waals surface area contributed by atoms with Crippen LogP contribution in [0.5, 0.6) is 5.75 Å². The number of hydrogen-bond donors (Lipinski definition) is 1. The largest absolute Gasteiger partial charge is 0.497 e. The van der Waals surface area contributed by atoms with E-state index in [1.54, 1.807) is 7.11 Å². The predicted molar refractivity (Wildman–Crippen MR) is 72.7 cm³/mol. The third-order valence-electron chi connectivity index (χ3n) is 2.92. The fourth-order valence-electron chi connectivity index (χ4n) is 1.78. The Morgan fingerprint density at radius 2 is 2.17 bits per heavy atom. The summed E-state index contributed by atoms with van der Waals surface area (Å²) in [5, 5.41) is 2.93. The summed E-state index contributed by atoms with van der Waals surface area (Å²) in [5.41, 5.74) is 1.13. The van der Waals surface area contributed by atoms with Gasteiger partial charge in [0, 0.05) is 13.0 Å². The average molecular weight is 250 g/mol. The molecule has 0 aromatic heterocycles. The minimum atomic E-state index is 0.0738. The molecule has 1 unspecified atom stereocenters. The maximum Gasteiger partial charge on any atom is 0.219 e. The second kappa shape index (κ2) is 7.01. The molecule has 1 aromatic rings. The van der Waals surface area contributed by atoms with Gasteiger partial charge in [0.25, 0.3) is 0 Å². The number of likely N-dealkylation sites (N-methyl/N-ethyl adjacent to an activating group) is 1. The van der Waals surface area contributed by atoms with Crippen molar-refractivity contribution in [3.05, 3.63) is 29.8 Å². The maximum atomic E-state index is 11.3. The molecule has 4 heteroatoms. The lowest BCUT2D eigenvalue weighted by Crippen LogP contribution is -2.34. The number of ether oxygens (including phenoxy) is 1. The fraction of sp³-hybridized carbons (Fsp3) is 0.500. The monoisotopic (exact) mass is 250 g/mol. The first-order valence-corrected chi connectivity index (χ1v) is 6.15. The zero-order valence-corrected chi connectivity index (χ0v) is 11.6. The molecule has 1 amide bonds. The van der Waals surface area contributed by atoms with Crippen LogP contribution in [0, 0.1) is 0 Å². The van der Waals surface area contributed by atoms with E-state index in [0.29, 0.717) is 13.0 Å². The number of nitrogens with zero attached hydrogens (tertiary/aromatic N) is 1. The third-order valence-corrected chi connectivity index (χ3v) is 2.92. The third kappa shape index (κ3) is 4.04. The second-order valence-corrected chi connectivity index (χ2v) is 4.41. The number of benzene rings is 1. The van der Waals surface area contributed by atoms with Crippen LogP contribution in [0.2, 0.25) is 0 Å². The van der Waals surface area contributed by atoms with Gasteiger partial charge in [-0.05, 0) is 31.8 Å². The summed E-state index contributed by atoms with van der Waals surface area (Å²) in [6, 6.07) is 8.08. The van der Waals surface area contributed by atoms with Crippen LogP contribution in [0.1, 0.15) is 24.9 Å². The summed E-state index contributed by atoms with van der Waals surface area (Å²) in [5.74, 6) is 0.908. The van der Waals surface area contributed by atoms with Gasteiger partial charge in [0.2, 0.25) is 5.91 Å². The molecule has 1 aromatic carbocycles. The van der Waals surface area contributed by atoms with Gasteiger partial charge in [-0.1, -0.05) is 19.1 Å². The highest BCUT2D eigenvalue weighted by Crippen LogP contribution is 2.21. The zero-order valence-electron chi connectivity index (χ0n) is 11.6. The second-order valence-electron chi connectivity index (χ2n) is 4.41. The van der Waals surface area contributed by atoms with Crippen LogP contribution in [0.4, 0.5) is 0 Å². The summed E-state index contributed by atoms with van der Waals surface area (Å²) in [6.07, 6.45) is 0.512. The molecule has 18 heavy (non-hydrogen) atoms. The molecule has 0 saturated heterocycles. The number of carbonyl (C=O) groups is 1. The molecule has 0 aliphatic heterocycles. The van der Waals surface area contributed by atoms with E-state index in [1.165, 1.54) is 0 Å². The van der Waals surface area contributed by atoms with E-state index in [-0.39, 0.29) is 11.9 Å². The number of hydrogen-bond acceptors (Lipinski definition) is 3. The van der Waals surface area contributed by atoms with Crippen LogP contribution in [-0.2, 0) is 4.79 Å². The Morgan fingerprint density at radius 1 is 1.44 bits per heavy atom. The van der Waals surface area contributed by atoms with Gasteiger partial charge in [0.1, 0.15) is 5.75 Å². The molecule has 0 heterocycles. The molecule has 1 atom stereocenters. The molecule has 1 rings (SSSR count). The van der Waals surface area contributed by atoms with Gasteiger partial charge in [-0.15, -0.1) is 0 Å². The van der Waals surface area contributed by atoms with Crippen LogP contribution >= 0.6 is 0 Å². The van der Waals surface area contributed by atoms with E-state index < -0.39 is 0 Å². The van der Waals surface area contributed by atoms with Gasteiger partial charge < -0.3 is 15.0 Å². The lowest BCUT2D eigenvalue weighted by Gasteiger charge is -2.25. The van der Waals surface area contributed by atoms with E-state index in [1.807, 2.05) is 45.3 Å². The molecule has 0 bridgehead atoms. The minimum Gasteiger partial charge on any atom is -0.497 e. The van der Waals surface area contributed by atoms with Gasteiger partial charge in [-0.2, -0.15) is 0 Å². The number of methoxy groups -OCH3 is 1. The van der Waals surface area contributed by atoms with Crippen molar-refractivity contribution in [1.29, 1.82) is 0 Å². The van der Waals surface area contributed by atoms with Gasteiger partial charge in [0.05, 0.1) is 13.2 Å². The first-order valence-electron chi connectivity index (χ1n) is 6.15. The molecule has 0 saturated carbocycles. The Hall–Kier alpha value is -1.55. The van der Waals surface area contributed by atoms with Gasteiger partial charge in [0.15, 0.2) is 0 Å². The Labute approximate surface area is 109 Å². The number of carbonyl (C=O) groups excluding carboxylic acids is 1. The Bertz CT molecular complexity index is 391. The lowest BCUT2D eigenvalue weighted by molar-refractivity contribution is -0.121.